The van der Waals surface area contributed by atoms with E-state index in [-0.39, 0.29) is 0 Å². The molecule has 1 fully saturated rings. The molecule has 1 N–H and O–H groups in total. The van der Waals surface area contributed by atoms with Gasteiger partial charge in [-0.3, -0.25) is 0 Å². The van der Waals surface area contributed by atoms with E-state index in [1.807, 2.05) is 6.07 Å². The van der Waals surface area contributed by atoms with Crippen molar-refractivity contribution in [2.45, 2.75) is 28.2 Å². The second-order valence-corrected chi connectivity index (χ2v) is 7.86. The molecule has 0 aliphatic heterocycles. The van der Waals surface area contributed by atoms with Gasteiger partial charge in [-0.05, 0) is 48.9 Å². The molecule has 2 heterocycles. The van der Waals surface area contributed by atoms with Crippen molar-refractivity contribution in [1.82, 2.24) is 15.2 Å². The van der Waals surface area contributed by atoms with Crippen LogP contribution < -0.4 is 5.32 Å². The predicted octanol–water partition coefficient (Wildman–Crippen LogP) is 4.34. The fourth-order valence-electron chi connectivity index (χ4n) is 2.12. The van der Waals surface area contributed by atoms with E-state index >= 15 is 0 Å². The molecule has 0 saturated heterocycles. The van der Waals surface area contributed by atoms with Gasteiger partial charge in [-0.1, -0.05) is 22.9 Å². The Balaban J connectivity index is 1.64. The molecule has 0 radical (unpaired) electrons. The maximum atomic E-state index is 9.36. The molecule has 2 aromatic heterocycles. The summed E-state index contributed by atoms with van der Waals surface area (Å²) in [5, 5.41) is 23.9. The normalized spacial score (nSPS) is 13.9. The second-order valence-electron chi connectivity index (χ2n) is 5.18. The lowest BCUT2D eigenvalue weighted by Crippen LogP contribution is -1.99. The van der Waals surface area contributed by atoms with Crippen LogP contribution in [0.15, 0.2) is 33.6 Å². The number of aromatic nitrogens is 3. The number of anilines is 1. The van der Waals surface area contributed by atoms with Crippen LogP contribution in [0.3, 0.4) is 0 Å². The summed E-state index contributed by atoms with van der Waals surface area (Å²) in [6.45, 7) is 0. The van der Waals surface area contributed by atoms with Gasteiger partial charge in [0.25, 0.3) is 0 Å². The van der Waals surface area contributed by atoms with Gasteiger partial charge >= 0.3 is 0 Å². The van der Waals surface area contributed by atoms with Crippen LogP contribution >= 0.6 is 34.7 Å². The SMILES string of the molecule is N#Cc1cc(Sc2nnc(NC3CC3)s2)nc2ccc(Cl)cc12. The number of halogens is 1. The summed E-state index contributed by atoms with van der Waals surface area (Å²) >= 11 is 8.92. The monoisotopic (exact) mass is 359 g/mol. The molecule has 0 bridgehead atoms. The smallest absolute Gasteiger partial charge is 0.206 e. The van der Waals surface area contributed by atoms with Crippen molar-refractivity contribution in [2.24, 2.45) is 0 Å². The predicted molar refractivity (Wildman–Crippen MR) is 92.1 cm³/mol. The van der Waals surface area contributed by atoms with Gasteiger partial charge < -0.3 is 5.32 Å². The lowest BCUT2D eigenvalue weighted by Gasteiger charge is -2.03. The number of nitrogens with one attached hydrogen (secondary N) is 1. The van der Waals surface area contributed by atoms with E-state index < -0.39 is 0 Å². The number of fused-ring (bicyclic) bond motifs is 1. The minimum absolute atomic E-state index is 0.550. The van der Waals surface area contributed by atoms with Gasteiger partial charge in [0.1, 0.15) is 5.03 Å². The fraction of sp³-hybridized carbons (Fsp3) is 0.200. The highest BCUT2D eigenvalue weighted by Crippen LogP contribution is 2.35. The molecule has 0 amide bonds. The highest BCUT2D eigenvalue weighted by atomic mass is 35.5. The highest BCUT2D eigenvalue weighted by Gasteiger charge is 2.22. The molecule has 0 atom stereocenters. The van der Waals surface area contributed by atoms with Crippen LogP contribution in [0, 0.1) is 11.3 Å². The Morgan fingerprint density at radius 3 is 2.96 bits per heavy atom. The van der Waals surface area contributed by atoms with E-state index in [9.17, 15) is 5.26 Å². The number of nitriles is 1. The second kappa shape index (κ2) is 5.96. The van der Waals surface area contributed by atoms with E-state index in [1.165, 1.54) is 35.9 Å². The minimum Gasteiger partial charge on any atom is -0.357 e. The zero-order valence-electron chi connectivity index (χ0n) is 11.8. The van der Waals surface area contributed by atoms with Crippen molar-refractivity contribution >= 4 is 50.7 Å². The first-order chi connectivity index (χ1) is 11.2. The molecular weight excluding hydrogens is 350 g/mol. The maximum absolute atomic E-state index is 9.36. The van der Waals surface area contributed by atoms with Crippen LogP contribution in [-0.2, 0) is 0 Å². The molecule has 0 unspecified atom stereocenters. The van der Waals surface area contributed by atoms with Gasteiger partial charge in [0.05, 0.1) is 17.1 Å². The summed E-state index contributed by atoms with van der Waals surface area (Å²) < 4.78 is 0.804. The molecule has 23 heavy (non-hydrogen) atoms. The van der Waals surface area contributed by atoms with E-state index in [1.54, 1.807) is 18.2 Å². The van der Waals surface area contributed by atoms with Crippen LogP contribution in [-0.4, -0.2) is 21.2 Å². The lowest BCUT2D eigenvalue weighted by molar-refractivity contribution is 0.992. The zero-order chi connectivity index (χ0) is 15.8. The summed E-state index contributed by atoms with van der Waals surface area (Å²) in [6, 6.07) is 9.88. The molecule has 4 rings (SSSR count). The van der Waals surface area contributed by atoms with E-state index in [0.717, 1.165) is 25.4 Å². The van der Waals surface area contributed by atoms with Crippen LogP contribution in [0.2, 0.25) is 5.02 Å². The number of rotatable bonds is 4. The van der Waals surface area contributed by atoms with Crippen molar-refractivity contribution in [2.75, 3.05) is 5.32 Å². The Morgan fingerprint density at radius 1 is 1.30 bits per heavy atom. The van der Waals surface area contributed by atoms with Gasteiger partial charge in [-0.25, -0.2) is 4.98 Å². The molecule has 5 nitrogen and oxygen atoms in total. The number of hydrogen-bond acceptors (Lipinski definition) is 7. The molecule has 1 saturated carbocycles. The summed E-state index contributed by atoms with van der Waals surface area (Å²) in [5.74, 6) is 0. The topological polar surface area (TPSA) is 74.5 Å². The maximum Gasteiger partial charge on any atom is 0.206 e. The van der Waals surface area contributed by atoms with Crippen LogP contribution in [0.1, 0.15) is 18.4 Å². The standard InChI is InChI=1S/C15H10ClN5S2/c16-9-1-4-12-11(6-9)8(7-17)5-13(19-12)22-15-21-20-14(23-15)18-10-2-3-10/h1,4-6,10H,2-3H2,(H,18,20). The van der Waals surface area contributed by atoms with Crippen molar-refractivity contribution in [3.05, 3.63) is 34.9 Å². The van der Waals surface area contributed by atoms with Crippen molar-refractivity contribution in [3.8, 4) is 6.07 Å². The van der Waals surface area contributed by atoms with Crippen LogP contribution in [0.5, 0.6) is 0 Å². The van der Waals surface area contributed by atoms with Gasteiger partial charge in [0, 0.05) is 16.5 Å². The summed E-state index contributed by atoms with van der Waals surface area (Å²) in [4.78, 5) is 4.57. The number of benzene rings is 1. The average Bonchev–Trinajstić information content (AvgIpc) is 3.25. The first-order valence-electron chi connectivity index (χ1n) is 6.99. The Labute approximate surface area is 145 Å². The number of nitrogens with zero attached hydrogens (tertiary/aromatic N) is 4. The van der Waals surface area contributed by atoms with Crippen LogP contribution in [0.4, 0.5) is 5.13 Å². The first-order valence-corrected chi connectivity index (χ1v) is 9.01. The van der Waals surface area contributed by atoms with Gasteiger partial charge in [-0.2, -0.15) is 5.26 Å². The molecule has 3 aromatic rings. The number of hydrogen-bond donors (Lipinski definition) is 1. The van der Waals surface area contributed by atoms with Crippen molar-refractivity contribution in [3.63, 3.8) is 0 Å². The van der Waals surface area contributed by atoms with Crippen molar-refractivity contribution in [1.29, 1.82) is 5.26 Å². The van der Waals surface area contributed by atoms with Crippen LogP contribution in [0.25, 0.3) is 10.9 Å². The third-order valence-electron chi connectivity index (χ3n) is 3.37. The Hall–Kier alpha value is -1.88. The van der Waals surface area contributed by atoms with E-state index in [0.29, 0.717) is 16.6 Å². The van der Waals surface area contributed by atoms with E-state index in [4.69, 9.17) is 11.6 Å². The largest absolute Gasteiger partial charge is 0.357 e. The Kier molecular flexibility index (Phi) is 3.81. The van der Waals surface area contributed by atoms with Gasteiger partial charge in [-0.15, -0.1) is 10.2 Å². The first kappa shape index (κ1) is 14.7. The lowest BCUT2D eigenvalue weighted by atomic mass is 10.1. The average molecular weight is 360 g/mol. The molecule has 8 heteroatoms. The summed E-state index contributed by atoms with van der Waals surface area (Å²) in [6.07, 6.45) is 2.39. The summed E-state index contributed by atoms with van der Waals surface area (Å²) in [5.41, 5.74) is 1.30. The minimum atomic E-state index is 0.550. The molecule has 0 spiro atoms. The highest BCUT2D eigenvalue weighted by molar-refractivity contribution is 8.01. The van der Waals surface area contributed by atoms with Gasteiger partial charge in [0.15, 0.2) is 4.34 Å². The summed E-state index contributed by atoms with van der Waals surface area (Å²) in [7, 11) is 0. The zero-order valence-corrected chi connectivity index (χ0v) is 14.2. The fourth-order valence-corrected chi connectivity index (χ4v) is 4.09. The molecular formula is C15H10ClN5S2. The molecule has 1 aromatic carbocycles. The third kappa shape index (κ3) is 3.24. The molecule has 1 aliphatic carbocycles. The van der Waals surface area contributed by atoms with Crippen molar-refractivity contribution < 1.29 is 0 Å². The molecule has 114 valence electrons. The Morgan fingerprint density at radius 2 is 2.17 bits per heavy atom. The third-order valence-corrected chi connectivity index (χ3v) is 5.43. The number of pyridine rings is 1. The van der Waals surface area contributed by atoms with Gasteiger partial charge in [0.2, 0.25) is 5.13 Å². The quantitative estimate of drug-likeness (QED) is 0.747. The Bertz CT molecular complexity index is 929. The van der Waals surface area contributed by atoms with E-state index in [2.05, 4.69) is 26.6 Å². The molecule has 1 aliphatic rings.